The summed E-state index contributed by atoms with van der Waals surface area (Å²) in [6, 6.07) is 11.4. The van der Waals surface area contributed by atoms with E-state index < -0.39 is 23.3 Å². The Morgan fingerprint density at radius 2 is 1.77 bits per heavy atom. The standard InChI is InChI=1S/C20H20F3NO2/c1-2-26-19(25)18-16(14-8-4-3-5-9-14)12-15(24-10-6-7-11-24)13-17(18)20(21,22)23/h3-5,8-9,12-13H,2,6-7,10-11H2,1H3. The van der Waals surface area contributed by atoms with Gasteiger partial charge in [-0.05, 0) is 43.0 Å². The van der Waals surface area contributed by atoms with Crippen molar-refractivity contribution in [2.24, 2.45) is 0 Å². The number of hydrogen-bond donors (Lipinski definition) is 0. The van der Waals surface area contributed by atoms with Crippen molar-refractivity contribution in [3.63, 3.8) is 0 Å². The van der Waals surface area contributed by atoms with Crippen LogP contribution >= 0.6 is 0 Å². The lowest BCUT2D eigenvalue weighted by molar-refractivity contribution is -0.138. The molecular formula is C20H20F3NO2. The fraction of sp³-hybridized carbons (Fsp3) is 0.350. The Labute approximate surface area is 150 Å². The van der Waals surface area contributed by atoms with Crippen molar-refractivity contribution in [2.45, 2.75) is 25.9 Å². The molecule has 0 radical (unpaired) electrons. The van der Waals surface area contributed by atoms with Crippen molar-refractivity contribution in [2.75, 3.05) is 24.6 Å². The molecule has 3 rings (SSSR count). The Hall–Kier alpha value is -2.50. The monoisotopic (exact) mass is 363 g/mol. The van der Waals surface area contributed by atoms with Crippen LogP contribution in [0.5, 0.6) is 0 Å². The summed E-state index contributed by atoms with van der Waals surface area (Å²) in [5, 5.41) is 0. The third-order valence-electron chi connectivity index (χ3n) is 4.46. The molecule has 6 heteroatoms. The van der Waals surface area contributed by atoms with Gasteiger partial charge >= 0.3 is 12.1 Å². The molecule has 3 nitrogen and oxygen atoms in total. The van der Waals surface area contributed by atoms with Crippen LogP contribution in [0.4, 0.5) is 18.9 Å². The zero-order valence-corrected chi connectivity index (χ0v) is 14.5. The number of alkyl halides is 3. The molecule has 2 aromatic rings. The molecule has 0 spiro atoms. The van der Waals surface area contributed by atoms with Gasteiger partial charge in [0.05, 0.1) is 17.7 Å². The van der Waals surface area contributed by atoms with E-state index in [1.54, 1.807) is 43.3 Å². The van der Waals surface area contributed by atoms with E-state index in [0.717, 1.165) is 18.9 Å². The molecule has 0 atom stereocenters. The first-order chi connectivity index (χ1) is 12.4. The smallest absolute Gasteiger partial charge is 0.417 e. The highest BCUT2D eigenvalue weighted by molar-refractivity contribution is 6.00. The van der Waals surface area contributed by atoms with Gasteiger partial charge in [-0.15, -0.1) is 0 Å². The van der Waals surface area contributed by atoms with Crippen LogP contribution in [0.2, 0.25) is 0 Å². The highest BCUT2D eigenvalue weighted by Gasteiger charge is 2.38. The van der Waals surface area contributed by atoms with Crippen LogP contribution in [-0.2, 0) is 10.9 Å². The lowest BCUT2D eigenvalue weighted by Crippen LogP contribution is -2.21. The van der Waals surface area contributed by atoms with E-state index in [1.807, 2.05) is 4.90 Å². The molecule has 1 aliphatic heterocycles. The minimum atomic E-state index is -4.65. The Morgan fingerprint density at radius 3 is 2.35 bits per heavy atom. The molecule has 0 amide bonds. The van der Waals surface area contributed by atoms with Crippen LogP contribution in [-0.4, -0.2) is 25.7 Å². The second-order valence-corrected chi connectivity index (χ2v) is 6.19. The van der Waals surface area contributed by atoms with Crippen LogP contribution in [0.3, 0.4) is 0 Å². The molecular weight excluding hydrogens is 343 g/mol. The molecule has 0 N–H and O–H groups in total. The molecule has 1 saturated heterocycles. The fourth-order valence-electron chi connectivity index (χ4n) is 3.28. The van der Waals surface area contributed by atoms with Gasteiger partial charge in [-0.1, -0.05) is 30.3 Å². The topological polar surface area (TPSA) is 29.5 Å². The second kappa shape index (κ2) is 7.40. The van der Waals surface area contributed by atoms with E-state index >= 15 is 0 Å². The van der Waals surface area contributed by atoms with Gasteiger partial charge in [-0.25, -0.2) is 4.79 Å². The molecule has 1 heterocycles. The van der Waals surface area contributed by atoms with Gasteiger partial charge in [0, 0.05) is 18.8 Å². The Balaban J connectivity index is 2.26. The number of hydrogen-bond acceptors (Lipinski definition) is 3. The molecule has 1 aliphatic rings. The SMILES string of the molecule is CCOC(=O)c1c(-c2ccccc2)cc(N2CCCC2)cc1C(F)(F)F. The van der Waals surface area contributed by atoms with E-state index in [-0.39, 0.29) is 12.2 Å². The number of rotatable bonds is 4. The maximum Gasteiger partial charge on any atom is 0.417 e. The lowest BCUT2D eigenvalue weighted by atomic mass is 9.93. The number of ether oxygens (including phenoxy) is 1. The van der Waals surface area contributed by atoms with Gasteiger partial charge in [0.15, 0.2) is 0 Å². The fourth-order valence-corrected chi connectivity index (χ4v) is 3.28. The summed E-state index contributed by atoms with van der Waals surface area (Å²) in [5.74, 6) is -0.952. The van der Waals surface area contributed by atoms with Crippen molar-refractivity contribution in [1.82, 2.24) is 0 Å². The number of nitrogens with zero attached hydrogens (tertiary/aromatic N) is 1. The lowest BCUT2D eigenvalue weighted by Gasteiger charge is -2.23. The van der Waals surface area contributed by atoms with E-state index in [4.69, 9.17) is 4.74 Å². The minimum absolute atomic E-state index is 0.0121. The number of benzene rings is 2. The molecule has 0 bridgehead atoms. The molecule has 0 saturated carbocycles. The summed E-state index contributed by atoms with van der Waals surface area (Å²) in [6.07, 6.45) is -2.76. The largest absolute Gasteiger partial charge is 0.462 e. The summed E-state index contributed by atoms with van der Waals surface area (Å²) >= 11 is 0. The van der Waals surface area contributed by atoms with Gasteiger partial charge in [-0.2, -0.15) is 13.2 Å². The summed E-state index contributed by atoms with van der Waals surface area (Å²) < 4.78 is 46.3. The van der Waals surface area contributed by atoms with E-state index in [0.29, 0.717) is 24.3 Å². The molecule has 26 heavy (non-hydrogen) atoms. The maximum absolute atomic E-state index is 13.8. The Morgan fingerprint density at radius 1 is 1.12 bits per heavy atom. The predicted octanol–water partition coefficient (Wildman–Crippen LogP) is 5.15. The first-order valence-corrected chi connectivity index (χ1v) is 8.64. The molecule has 1 fully saturated rings. The molecule has 0 aromatic heterocycles. The van der Waals surface area contributed by atoms with Gasteiger partial charge in [0.2, 0.25) is 0 Å². The second-order valence-electron chi connectivity index (χ2n) is 6.19. The van der Waals surface area contributed by atoms with Crippen molar-refractivity contribution < 1.29 is 22.7 Å². The minimum Gasteiger partial charge on any atom is -0.462 e. The van der Waals surface area contributed by atoms with Gasteiger partial charge in [0.25, 0.3) is 0 Å². The zero-order chi connectivity index (χ0) is 18.7. The van der Waals surface area contributed by atoms with Gasteiger partial charge in [0.1, 0.15) is 0 Å². The average molecular weight is 363 g/mol. The average Bonchev–Trinajstić information content (AvgIpc) is 3.15. The Bertz CT molecular complexity index is 782. The van der Waals surface area contributed by atoms with Crippen LogP contribution in [0.25, 0.3) is 11.1 Å². The van der Waals surface area contributed by atoms with Crippen LogP contribution in [0, 0.1) is 0 Å². The predicted molar refractivity (Wildman–Crippen MR) is 94.3 cm³/mol. The third-order valence-corrected chi connectivity index (χ3v) is 4.46. The van der Waals surface area contributed by atoms with Gasteiger partial charge in [-0.3, -0.25) is 0 Å². The number of carbonyl (C=O) groups excluding carboxylic acids is 1. The first kappa shape index (κ1) is 18.3. The quantitative estimate of drug-likeness (QED) is 0.704. The van der Waals surface area contributed by atoms with Crippen LogP contribution in [0.15, 0.2) is 42.5 Å². The highest BCUT2D eigenvalue weighted by Crippen LogP contribution is 2.41. The summed E-state index contributed by atoms with van der Waals surface area (Å²) in [4.78, 5) is 14.3. The number of halogens is 3. The third kappa shape index (κ3) is 3.69. The highest BCUT2D eigenvalue weighted by atomic mass is 19.4. The summed E-state index contributed by atoms with van der Waals surface area (Å²) in [6.45, 7) is 3.01. The van der Waals surface area contributed by atoms with Crippen molar-refractivity contribution in [3.8, 4) is 11.1 Å². The number of carbonyl (C=O) groups is 1. The van der Waals surface area contributed by atoms with Crippen molar-refractivity contribution in [1.29, 1.82) is 0 Å². The molecule has 0 unspecified atom stereocenters. The van der Waals surface area contributed by atoms with Crippen LogP contribution in [0.1, 0.15) is 35.7 Å². The first-order valence-electron chi connectivity index (χ1n) is 8.64. The molecule has 138 valence electrons. The van der Waals surface area contributed by atoms with E-state index in [1.165, 1.54) is 0 Å². The zero-order valence-electron chi connectivity index (χ0n) is 14.5. The molecule has 0 aliphatic carbocycles. The maximum atomic E-state index is 13.8. The number of anilines is 1. The van der Waals surface area contributed by atoms with Crippen molar-refractivity contribution >= 4 is 11.7 Å². The summed E-state index contributed by atoms with van der Waals surface area (Å²) in [5.41, 5.74) is -0.0719. The van der Waals surface area contributed by atoms with Crippen LogP contribution < -0.4 is 4.90 Å². The van der Waals surface area contributed by atoms with Gasteiger partial charge < -0.3 is 9.64 Å². The number of esters is 1. The molecule has 2 aromatic carbocycles. The normalized spacial score (nSPS) is 14.5. The van der Waals surface area contributed by atoms with E-state index in [2.05, 4.69) is 0 Å². The van der Waals surface area contributed by atoms with Crippen molar-refractivity contribution in [3.05, 3.63) is 53.6 Å². The Kier molecular flexibility index (Phi) is 5.20. The summed E-state index contributed by atoms with van der Waals surface area (Å²) in [7, 11) is 0. The van der Waals surface area contributed by atoms with E-state index in [9.17, 15) is 18.0 Å².